The number of rotatable bonds is 7. The van der Waals surface area contributed by atoms with E-state index < -0.39 is 0 Å². The molecule has 1 amide bonds. The van der Waals surface area contributed by atoms with Gasteiger partial charge in [-0.15, -0.1) is 0 Å². The molecule has 1 fully saturated rings. The van der Waals surface area contributed by atoms with Crippen LogP contribution in [0.5, 0.6) is 5.75 Å². The smallest absolute Gasteiger partial charge is 0.224 e. The SMILES string of the molecule is CC(C)(C)c1ccccc1OCCNC(=O)[C@@H]1CCCN(Cc2ccccc2Cl)C1. The molecular weight excluding hydrogens is 396 g/mol. The zero-order valence-electron chi connectivity index (χ0n) is 18.3. The summed E-state index contributed by atoms with van der Waals surface area (Å²) in [6.07, 6.45) is 1.95. The number of benzene rings is 2. The summed E-state index contributed by atoms with van der Waals surface area (Å²) < 4.78 is 5.97. The first-order valence-corrected chi connectivity index (χ1v) is 11.2. The van der Waals surface area contributed by atoms with Crippen molar-refractivity contribution in [3.63, 3.8) is 0 Å². The maximum absolute atomic E-state index is 12.7. The zero-order valence-corrected chi connectivity index (χ0v) is 19.0. The first-order chi connectivity index (χ1) is 14.3. The van der Waals surface area contributed by atoms with E-state index in [2.05, 4.69) is 43.1 Å². The van der Waals surface area contributed by atoms with Crippen LogP contribution in [0.15, 0.2) is 48.5 Å². The second-order valence-corrected chi connectivity index (χ2v) is 9.46. The van der Waals surface area contributed by atoms with Crippen LogP contribution in [0.4, 0.5) is 0 Å². The number of hydrogen-bond acceptors (Lipinski definition) is 3. The van der Waals surface area contributed by atoms with Crippen LogP contribution < -0.4 is 10.1 Å². The van der Waals surface area contributed by atoms with E-state index in [1.165, 1.54) is 5.56 Å². The number of piperidine rings is 1. The van der Waals surface area contributed by atoms with Crippen molar-refractivity contribution in [1.29, 1.82) is 0 Å². The Hall–Kier alpha value is -2.04. The molecule has 0 bridgehead atoms. The van der Waals surface area contributed by atoms with Crippen molar-refractivity contribution in [2.75, 3.05) is 26.2 Å². The van der Waals surface area contributed by atoms with Gasteiger partial charge in [-0.1, -0.05) is 68.8 Å². The zero-order chi connectivity index (χ0) is 21.6. The third-order valence-electron chi connectivity index (χ3n) is 5.58. The summed E-state index contributed by atoms with van der Waals surface area (Å²) in [7, 11) is 0. The van der Waals surface area contributed by atoms with Crippen LogP contribution in [0, 0.1) is 5.92 Å². The number of amides is 1. The fourth-order valence-electron chi connectivity index (χ4n) is 3.97. The second kappa shape index (κ2) is 10.3. The molecule has 1 N–H and O–H groups in total. The molecule has 162 valence electrons. The number of carbonyl (C=O) groups is 1. The molecule has 0 saturated carbocycles. The summed E-state index contributed by atoms with van der Waals surface area (Å²) in [5.74, 6) is 1.03. The molecule has 0 aromatic heterocycles. The van der Waals surface area contributed by atoms with Gasteiger partial charge in [0.05, 0.1) is 12.5 Å². The van der Waals surface area contributed by atoms with Crippen molar-refractivity contribution in [2.24, 2.45) is 5.92 Å². The van der Waals surface area contributed by atoms with E-state index in [0.717, 1.165) is 48.8 Å². The fourth-order valence-corrected chi connectivity index (χ4v) is 4.17. The summed E-state index contributed by atoms with van der Waals surface area (Å²) in [5.41, 5.74) is 2.32. The maximum Gasteiger partial charge on any atom is 0.224 e. The Kier molecular flexibility index (Phi) is 7.79. The van der Waals surface area contributed by atoms with Crippen molar-refractivity contribution in [1.82, 2.24) is 10.2 Å². The van der Waals surface area contributed by atoms with Crippen LogP contribution in [-0.2, 0) is 16.8 Å². The molecule has 4 nitrogen and oxygen atoms in total. The van der Waals surface area contributed by atoms with Gasteiger partial charge in [-0.2, -0.15) is 0 Å². The molecule has 3 rings (SSSR count). The number of carbonyl (C=O) groups excluding carboxylic acids is 1. The highest BCUT2D eigenvalue weighted by molar-refractivity contribution is 6.31. The summed E-state index contributed by atoms with van der Waals surface area (Å²) in [6.45, 7) is 10.1. The van der Waals surface area contributed by atoms with Crippen LogP contribution in [-0.4, -0.2) is 37.0 Å². The van der Waals surface area contributed by atoms with Crippen LogP contribution in [0.2, 0.25) is 5.02 Å². The monoisotopic (exact) mass is 428 g/mol. The van der Waals surface area contributed by atoms with Crippen LogP contribution >= 0.6 is 11.6 Å². The maximum atomic E-state index is 12.7. The average Bonchev–Trinajstić information content (AvgIpc) is 2.72. The predicted molar refractivity (Wildman–Crippen MR) is 123 cm³/mol. The molecule has 30 heavy (non-hydrogen) atoms. The third kappa shape index (κ3) is 6.23. The van der Waals surface area contributed by atoms with Crippen molar-refractivity contribution in [3.05, 3.63) is 64.7 Å². The molecule has 1 saturated heterocycles. The molecule has 5 heteroatoms. The molecule has 0 unspecified atom stereocenters. The highest BCUT2D eigenvalue weighted by atomic mass is 35.5. The minimum Gasteiger partial charge on any atom is -0.491 e. The van der Waals surface area contributed by atoms with E-state index in [1.807, 2.05) is 36.4 Å². The van der Waals surface area contributed by atoms with Gasteiger partial charge >= 0.3 is 0 Å². The van der Waals surface area contributed by atoms with E-state index >= 15 is 0 Å². The van der Waals surface area contributed by atoms with Gasteiger partial charge in [-0.3, -0.25) is 9.69 Å². The standard InChI is InChI=1S/C25H33ClN2O2/c1-25(2,3)21-11-5-7-13-23(21)30-16-14-27-24(29)20-10-8-15-28(18-20)17-19-9-4-6-12-22(19)26/h4-7,9,11-13,20H,8,10,14-18H2,1-3H3,(H,27,29)/t20-/m1/s1. The Labute approximate surface area is 185 Å². The van der Waals surface area contributed by atoms with Gasteiger partial charge < -0.3 is 10.1 Å². The molecule has 0 radical (unpaired) electrons. The minimum atomic E-state index is 0.0168. The number of hydrogen-bond donors (Lipinski definition) is 1. The van der Waals surface area contributed by atoms with Crippen molar-refractivity contribution in [2.45, 2.75) is 45.6 Å². The highest BCUT2D eigenvalue weighted by Gasteiger charge is 2.26. The van der Waals surface area contributed by atoms with Crippen molar-refractivity contribution in [3.8, 4) is 5.75 Å². The Morgan fingerprint density at radius 2 is 1.90 bits per heavy atom. The van der Waals surface area contributed by atoms with Crippen LogP contribution in [0.1, 0.15) is 44.7 Å². The molecule has 1 atom stereocenters. The number of halogens is 1. The van der Waals surface area contributed by atoms with Crippen molar-refractivity contribution < 1.29 is 9.53 Å². The third-order valence-corrected chi connectivity index (χ3v) is 5.95. The van der Waals surface area contributed by atoms with E-state index in [0.29, 0.717) is 13.2 Å². The van der Waals surface area contributed by atoms with Gasteiger partial charge in [0.25, 0.3) is 0 Å². The fraction of sp³-hybridized carbons (Fsp3) is 0.480. The van der Waals surface area contributed by atoms with E-state index in [1.54, 1.807) is 0 Å². The number of likely N-dealkylation sites (tertiary alicyclic amines) is 1. The Morgan fingerprint density at radius 3 is 2.67 bits per heavy atom. The Bertz CT molecular complexity index is 847. The Morgan fingerprint density at radius 1 is 1.17 bits per heavy atom. The molecular formula is C25H33ClN2O2. The predicted octanol–water partition coefficient (Wildman–Crippen LogP) is 5.04. The van der Waals surface area contributed by atoms with Gasteiger partial charge in [0, 0.05) is 18.1 Å². The van der Waals surface area contributed by atoms with Crippen molar-refractivity contribution >= 4 is 17.5 Å². The molecule has 2 aromatic carbocycles. The average molecular weight is 429 g/mol. The van der Waals surface area contributed by atoms with Gasteiger partial charge in [0.1, 0.15) is 12.4 Å². The van der Waals surface area contributed by atoms with E-state index in [9.17, 15) is 4.79 Å². The Balaban J connectivity index is 1.46. The first-order valence-electron chi connectivity index (χ1n) is 10.8. The topological polar surface area (TPSA) is 41.6 Å². The van der Waals surface area contributed by atoms with E-state index in [4.69, 9.17) is 16.3 Å². The molecule has 0 spiro atoms. The van der Waals surface area contributed by atoms with Crippen LogP contribution in [0.25, 0.3) is 0 Å². The van der Waals surface area contributed by atoms with Gasteiger partial charge in [0.15, 0.2) is 0 Å². The lowest BCUT2D eigenvalue weighted by Crippen LogP contribution is -2.43. The lowest BCUT2D eigenvalue weighted by atomic mass is 9.86. The summed E-state index contributed by atoms with van der Waals surface area (Å²) >= 11 is 6.30. The molecule has 2 aromatic rings. The number of para-hydroxylation sites is 1. The lowest BCUT2D eigenvalue weighted by molar-refractivity contribution is -0.126. The van der Waals surface area contributed by atoms with Gasteiger partial charge in [-0.05, 0) is 48.1 Å². The summed E-state index contributed by atoms with van der Waals surface area (Å²) in [4.78, 5) is 15.0. The largest absolute Gasteiger partial charge is 0.491 e. The first kappa shape index (κ1) is 22.6. The van der Waals surface area contributed by atoms with Gasteiger partial charge in [0.2, 0.25) is 5.91 Å². The number of ether oxygens (including phenoxy) is 1. The summed E-state index contributed by atoms with van der Waals surface area (Å²) in [5, 5.41) is 3.85. The van der Waals surface area contributed by atoms with Crippen LogP contribution in [0.3, 0.4) is 0 Å². The lowest BCUT2D eigenvalue weighted by Gasteiger charge is -2.32. The number of nitrogens with one attached hydrogen (secondary N) is 1. The highest BCUT2D eigenvalue weighted by Crippen LogP contribution is 2.30. The quantitative estimate of drug-likeness (QED) is 0.628. The molecule has 1 aliphatic rings. The molecule has 1 aliphatic heterocycles. The molecule has 0 aliphatic carbocycles. The normalized spacial score (nSPS) is 17.5. The summed E-state index contributed by atoms with van der Waals surface area (Å²) in [6, 6.07) is 16.0. The molecule has 1 heterocycles. The number of nitrogens with zero attached hydrogens (tertiary/aromatic N) is 1. The second-order valence-electron chi connectivity index (χ2n) is 9.05. The van der Waals surface area contributed by atoms with E-state index in [-0.39, 0.29) is 17.2 Å². The van der Waals surface area contributed by atoms with Gasteiger partial charge in [-0.25, -0.2) is 0 Å². The minimum absolute atomic E-state index is 0.0168.